The summed E-state index contributed by atoms with van der Waals surface area (Å²) in [7, 11) is -4.39. The molecule has 2 rings (SSSR count). The number of rotatable bonds is 6. The highest BCUT2D eigenvalue weighted by atomic mass is 32.3. The average Bonchev–Trinajstić information content (AvgIpc) is 2.87. The second-order valence-corrected chi connectivity index (χ2v) is 7.43. The Morgan fingerprint density at radius 3 is 2.68 bits per heavy atom. The van der Waals surface area contributed by atoms with Gasteiger partial charge in [-0.3, -0.25) is 9.88 Å². The highest BCUT2D eigenvalue weighted by Crippen LogP contribution is 2.24. The summed E-state index contributed by atoms with van der Waals surface area (Å²) >= 11 is 1.55. The van der Waals surface area contributed by atoms with Crippen molar-refractivity contribution in [3.63, 3.8) is 0 Å². The third-order valence-electron chi connectivity index (χ3n) is 3.56. The van der Waals surface area contributed by atoms with E-state index in [9.17, 15) is 12.3 Å². The van der Waals surface area contributed by atoms with Gasteiger partial charge in [0.1, 0.15) is 0 Å². The van der Waals surface area contributed by atoms with Crippen molar-refractivity contribution in [3.05, 3.63) is 16.6 Å². The Balaban J connectivity index is 1.99. The van der Waals surface area contributed by atoms with Crippen molar-refractivity contribution in [1.29, 1.82) is 0 Å². The van der Waals surface area contributed by atoms with Crippen LogP contribution in [0.5, 0.6) is 0 Å². The fraction of sp³-hybridized carbons (Fsp3) is 0.750. The molecular formula is C12H19FN2O2S2. The van der Waals surface area contributed by atoms with Crippen molar-refractivity contribution in [2.45, 2.75) is 44.7 Å². The third-order valence-corrected chi connectivity index (χ3v) is 4.99. The molecule has 0 saturated heterocycles. The lowest BCUT2D eigenvalue weighted by Gasteiger charge is -2.33. The summed E-state index contributed by atoms with van der Waals surface area (Å²) in [6, 6.07) is 0.373. The molecule has 108 valence electrons. The first-order valence-electron chi connectivity index (χ1n) is 6.58. The summed E-state index contributed by atoms with van der Waals surface area (Å²) in [6.45, 7) is 0.937. The van der Waals surface area contributed by atoms with E-state index in [4.69, 9.17) is 0 Å². The van der Waals surface area contributed by atoms with Gasteiger partial charge in [-0.15, -0.1) is 15.2 Å². The molecule has 0 atom stereocenters. The van der Waals surface area contributed by atoms with Crippen LogP contribution in [-0.2, 0) is 16.8 Å². The van der Waals surface area contributed by atoms with Crippen LogP contribution in [0.4, 0.5) is 3.89 Å². The largest absolute Gasteiger partial charge is 0.303 e. The number of halogens is 1. The molecule has 1 aromatic heterocycles. The molecular weight excluding hydrogens is 287 g/mol. The van der Waals surface area contributed by atoms with Gasteiger partial charge in [0.05, 0.1) is 11.3 Å². The van der Waals surface area contributed by atoms with Gasteiger partial charge in [0.25, 0.3) is 0 Å². The van der Waals surface area contributed by atoms with Crippen LogP contribution in [0.3, 0.4) is 0 Å². The van der Waals surface area contributed by atoms with Crippen LogP contribution in [0.1, 0.15) is 37.0 Å². The SMILES string of the molecule is O=S(=O)(F)CCN(Cc1cncs1)C1CCCCC1. The molecule has 0 amide bonds. The van der Waals surface area contributed by atoms with E-state index in [-0.39, 0.29) is 6.54 Å². The topological polar surface area (TPSA) is 50.3 Å². The number of hydrogen-bond donors (Lipinski definition) is 0. The van der Waals surface area contributed by atoms with E-state index >= 15 is 0 Å². The molecule has 1 aliphatic carbocycles. The lowest BCUT2D eigenvalue weighted by atomic mass is 9.94. The Kier molecular flexibility index (Phi) is 5.29. The van der Waals surface area contributed by atoms with Crippen LogP contribution >= 0.6 is 11.3 Å². The van der Waals surface area contributed by atoms with E-state index in [1.165, 1.54) is 19.3 Å². The van der Waals surface area contributed by atoms with Crippen LogP contribution < -0.4 is 0 Å². The molecule has 0 spiro atoms. The van der Waals surface area contributed by atoms with Crippen LogP contribution in [0.2, 0.25) is 0 Å². The Morgan fingerprint density at radius 1 is 1.37 bits per heavy atom. The summed E-state index contributed by atoms with van der Waals surface area (Å²) in [4.78, 5) is 7.23. The fourth-order valence-corrected chi connectivity index (χ4v) is 3.66. The Bertz CT molecular complexity index is 470. The quantitative estimate of drug-likeness (QED) is 0.758. The second-order valence-electron chi connectivity index (χ2n) is 4.97. The van der Waals surface area contributed by atoms with Gasteiger partial charge >= 0.3 is 10.2 Å². The van der Waals surface area contributed by atoms with Gasteiger partial charge in [0.2, 0.25) is 0 Å². The van der Waals surface area contributed by atoms with E-state index in [2.05, 4.69) is 9.88 Å². The predicted molar refractivity (Wildman–Crippen MR) is 74.3 cm³/mol. The molecule has 1 fully saturated rings. The van der Waals surface area contributed by atoms with Gasteiger partial charge in [0, 0.05) is 30.2 Å². The molecule has 0 radical (unpaired) electrons. The first-order valence-corrected chi connectivity index (χ1v) is 9.01. The zero-order valence-corrected chi connectivity index (χ0v) is 12.4. The van der Waals surface area contributed by atoms with Crippen molar-refractivity contribution < 1.29 is 12.3 Å². The van der Waals surface area contributed by atoms with Crippen molar-refractivity contribution in [3.8, 4) is 0 Å². The first kappa shape index (κ1) is 14.9. The molecule has 0 unspecified atom stereocenters. The number of thiazole rings is 1. The zero-order valence-electron chi connectivity index (χ0n) is 10.8. The van der Waals surface area contributed by atoms with Gasteiger partial charge in [-0.25, -0.2) is 0 Å². The Morgan fingerprint density at radius 2 is 2.11 bits per heavy atom. The van der Waals surface area contributed by atoms with Gasteiger partial charge in [0.15, 0.2) is 0 Å². The van der Waals surface area contributed by atoms with Crippen molar-refractivity contribution in [2.75, 3.05) is 12.3 Å². The average molecular weight is 306 g/mol. The highest BCUT2D eigenvalue weighted by Gasteiger charge is 2.23. The standard InChI is InChI=1S/C12H19FN2O2S2/c13-19(16,17)7-6-15(9-12-8-14-10-18-12)11-4-2-1-3-5-11/h8,10-11H,1-7,9H2. The molecule has 0 aliphatic heterocycles. The van der Waals surface area contributed by atoms with Crippen molar-refractivity contribution in [1.82, 2.24) is 9.88 Å². The lowest BCUT2D eigenvalue weighted by Crippen LogP contribution is -2.38. The second kappa shape index (κ2) is 6.76. The summed E-state index contributed by atoms with van der Waals surface area (Å²) in [5, 5.41) is 0. The Labute approximate surface area is 117 Å². The number of hydrogen-bond acceptors (Lipinski definition) is 5. The van der Waals surface area contributed by atoms with Crippen LogP contribution in [-0.4, -0.2) is 36.6 Å². The summed E-state index contributed by atoms with van der Waals surface area (Å²) in [5.41, 5.74) is 1.76. The van der Waals surface area contributed by atoms with Crippen LogP contribution in [0.25, 0.3) is 0 Å². The van der Waals surface area contributed by atoms with Gasteiger partial charge < -0.3 is 0 Å². The molecule has 19 heavy (non-hydrogen) atoms. The molecule has 1 heterocycles. The summed E-state index contributed by atoms with van der Waals surface area (Å²) < 4.78 is 34.2. The maximum Gasteiger partial charge on any atom is 0.303 e. The molecule has 7 heteroatoms. The molecule has 4 nitrogen and oxygen atoms in total. The van der Waals surface area contributed by atoms with Gasteiger partial charge in [-0.1, -0.05) is 19.3 Å². The lowest BCUT2D eigenvalue weighted by molar-refractivity contribution is 0.157. The summed E-state index contributed by atoms with van der Waals surface area (Å²) in [6.07, 6.45) is 7.53. The van der Waals surface area contributed by atoms with E-state index in [0.717, 1.165) is 17.7 Å². The van der Waals surface area contributed by atoms with E-state index < -0.39 is 16.0 Å². The monoisotopic (exact) mass is 306 g/mol. The van der Waals surface area contributed by atoms with Gasteiger partial charge in [-0.2, -0.15) is 8.42 Å². The number of aromatic nitrogens is 1. The van der Waals surface area contributed by atoms with E-state index in [0.29, 0.717) is 12.6 Å². The van der Waals surface area contributed by atoms with Gasteiger partial charge in [-0.05, 0) is 12.8 Å². The highest BCUT2D eigenvalue weighted by molar-refractivity contribution is 7.86. The van der Waals surface area contributed by atoms with Crippen LogP contribution in [0.15, 0.2) is 11.7 Å². The molecule has 0 aromatic carbocycles. The first-order chi connectivity index (χ1) is 9.04. The summed E-state index contributed by atoms with van der Waals surface area (Å²) in [5.74, 6) is -0.414. The molecule has 0 N–H and O–H groups in total. The molecule has 0 bridgehead atoms. The minimum atomic E-state index is -4.39. The van der Waals surface area contributed by atoms with E-state index in [1.807, 2.05) is 0 Å². The molecule has 1 aliphatic rings. The maximum atomic E-state index is 12.7. The molecule has 1 aromatic rings. The fourth-order valence-electron chi connectivity index (χ4n) is 2.58. The number of nitrogens with zero attached hydrogens (tertiary/aromatic N) is 2. The normalized spacial score (nSPS) is 18.0. The Hall–Kier alpha value is -0.530. The minimum absolute atomic E-state index is 0.265. The minimum Gasteiger partial charge on any atom is -0.294 e. The molecule has 1 saturated carbocycles. The van der Waals surface area contributed by atoms with Crippen molar-refractivity contribution >= 4 is 21.6 Å². The maximum absolute atomic E-state index is 12.7. The zero-order chi connectivity index (χ0) is 13.7. The van der Waals surface area contributed by atoms with Crippen LogP contribution in [0, 0.1) is 0 Å². The van der Waals surface area contributed by atoms with Crippen molar-refractivity contribution in [2.24, 2.45) is 0 Å². The predicted octanol–water partition coefficient (Wildman–Crippen LogP) is 2.58. The third kappa shape index (κ3) is 5.16. The smallest absolute Gasteiger partial charge is 0.294 e. The van der Waals surface area contributed by atoms with E-state index in [1.54, 1.807) is 23.0 Å².